The van der Waals surface area contributed by atoms with Crippen LogP contribution in [-0.2, 0) is 17.8 Å². The van der Waals surface area contributed by atoms with E-state index in [0.717, 1.165) is 11.4 Å². The molecule has 1 aliphatic rings. The summed E-state index contributed by atoms with van der Waals surface area (Å²) in [7, 11) is 0. The number of H-pyrrole nitrogens is 1. The van der Waals surface area contributed by atoms with Gasteiger partial charge in [0, 0.05) is 18.2 Å². The van der Waals surface area contributed by atoms with Gasteiger partial charge in [0.2, 0.25) is 0 Å². The molecule has 0 fully saturated rings. The van der Waals surface area contributed by atoms with Crippen molar-refractivity contribution in [2.75, 3.05) is 4.90 Å². The molecule has 0 unspecified atom stereocenters. The van der Waals surface area contributed by atoms with Crippen LogP contribution in [0.5, 0.6) is 5.75 Å². The number of rotatable bonds is 3. The summed E-state index contributed by atoms with van der Waals surface area (Å²) >= 11 is 0. The number of nitrogens with zero attached hydrogens (tertiary/aromatic N) is 4. The molecule has 0 saturated heterocycles. The average Bonchev–Trinajstić information content (AvgIpc) is 3.08. The number of aromatic hydroxyl groups is 1. The number of para-hydroxylation sites is 1. The van der Waals surface area contributed by atoms with Crippen LogP contribution in [0.3, 0.4) is 0 Å². The van der Waals surface area contributed by atoms with Crippen LogP contribution in [0.1, 0.15) is 17.1 Å². The van der Waals surface area contributed by atoms with Crippen molar-refractivity contribution in [3.63, 3.8) is 0 Å². The Labute approximate surface area is 149 Å². The number of nitrogens with one attached hydrogen (secondary N) is 1. The molecule has 8 nitrogen and oxygen atoms in total. The molecular weight excluding hydrogens is 334 g/mol. The number of carboxylic acid groups (broad SMARTS) is 1. The molecule has 8 heteroatoms. The van der Waals surface area contributed by atoms with E-state index in [1.165, 1.54) is 0 Å². The number of aliphatic carboxylic acids is 1. The van der Waals surface area contributed by atoms with E-state index in [1.54, 1.807) is 41.6 Å². The molecule has 26 heavy (non-hydrogen) atoms. The first-order valence-electron chi connectivity index (χ1n) is 8.17. The zero-order valence-electron chi connectivity index (χ0n) is 14.0. The molecule has 4 rings (SSSR count). The van der Waals surface area contributed by atoms with Gasteiger partial charge in [0.15, 0.2) is 5.82 Å². The number of aromatic amines is 1. The summed E-state index contributed by atoms with van der Waals surface area (Å²) in [5, 5.41) is 19.8. The Kier molecular flexibility index (Phi) is 3.80. The Balaban J connectivity index is 1.80. The summed E-state index contributed by atoms with van der Waals surface area (Å²) in [6.45, 7) is 2.18. The highest BCUT2D eigenvalue weighted by Gasteiger charge is 2.34. The van der Waals surface area contributed by atoms with Gasteiger partial charge >= 0.3 is 5.97 Å². The van der Waals surface area contributed by atoms with Gasteiger partial charge in [-0.25, -0.2) is 19.7 Å². The van der Waals surface area contributed by atoms with Crippen molar-refractivity contribution < 1.29 is 15.0 Å². The number of carboxylic acids is 1. The highest BCUT2D eigenvalue weighted by atomic mass is 16.4. The summed E-state index contributed by atoms with van der Waals surface area (Å²) in [4.78, 5) is 29.7. The molecule has 2 aromatic heterocycles. The second kappa shape index (κ2) is 6.14. The first-order valence-corrected chi connectivity index (χ1v) is 8.17. The van der Waals surface area contributed by atoms with Gasteiger partial charge in [0.05, 0.1) is 29.8 Å². The third kappa shape index (κ3) is 2.75. The lowest BCUT2D eigenvalue weighted by atomic mass is 10.0. The van der Waals surface area contributed by atoms with Gasteiger partial charge in [-0.15, -0.1) is 0 Å². The van der Waals surface area contributed by atoms with E-state index < -0.39 is 12.0 Å². The highest BCUT2D eigenvalue weighted by Crippen LogP contribution is 2.30. The van der Waals surface area contributed by atoms with Crippen LogP contribution in [0.2, 0.25) is 0 Å². The Bertz CT molecular complexity index is 984. The maximum atomic E-state index is 11.8. The van der Waals surface area contributed by atoms with Gasteiger partial charge in [-0.3, -0.25) is 0 Å². The van der Waals surface area contributed by atoms with Crippen LogP contribution in [-0.4, -0.2) is 42.2 Å². The minimum atomic E-state index is -0.931. The standard InChI is InChI=1S/C18H17N5O3/c1-10-6-16(22-17(21-10)11-4-2-3-5-15(11)24)23-8-13-12(19-9-20-13)7-14(23)18(25)26/h2-6,9,14,24H,7-8H2,1H3,(H,19,20)(H,25,26)/t14-/m1/s1. The first kappa shape index (κ1) is 16.1. The van der Waals surface area contributed by atoms with Gasteiger partial charge in [-0.05, 0) is 19.1 Å². The summed E-state index contributed by atoms with van der Waals surface area (Å²) in [6, 6.07) is 7.79. The van der Waals surface area contributed by atoms with Crippen molar-refractivity contribution in [1.82, 2.24) is 19.9 Å². The second-order valence-electron chi connectivity index (χ2n) is 6.22. The number of imidazole rings is 1. The maximum Gasteiger partial charge on any atom is 0.326 e. The smallest absolute Gasteiger partial charge is 0.326 e. The summed E-state index contributed by atoms with van der Waals surface area (Å²) in [6.07, 6.45) is 1.87. The minimum Gasteiger partial charge on any atom is -0.507 e. The van der Waals surface area contributed by atoms with Crippen LogP contribution in [0, 0.1) is 6.92 Å². The lowest BCUT2D eigenvalue weighted by Gasteiger charge is -2.33. The van der Waals surface area contributed by atoms with Crippen molar-refractivity contribution in [1.29, 1.82) is 0 Å². The van der Waals surface area contributed by atoms with Crippen LogP contribution in [0.15, 0.2) is 36.7 Å². The number of aromatic nitrogens is 4. The largest absolute Gasteiger partial charge is 0.507 e. The number of anilines is 1. The summed E-state index contributed by atoms with van der Waals surface area (Å²) in [5.74, 6) is 0.00778. The molecule has 0 radical (unpaired) electrons. The van der Waals surface area contributed by atoms with Crippen LogP contribution in [0.4, 0.5) is 5.82 Å². The van der Waals surface area contributed by atoms with Crippen LogP contribution in [0.25, 0.3) is 11.4 Å². The van der Waals surface area contributed by atoms with E-state index in [2.05, 4.69) is 19.9 Å². The Morgan fingerprint density at radius 1 is 1.31 bits per heavy atom. The van der Waals surface area contributed by atoms with E-state index in [4.69, 9.17) is 0 Å². The quantitative estimate of drug-likeness (QED) is 0.660. The van der Waals surface area contributed by atoms with Crippen LogP contribution < -0.4 is 4.90 Å². The van der Waals surface area contributed by atoms with E-state index in [1.807, 2.05) is 6.92 Å². The minimum absolute atomic E-state index is 0.0772. The van der Waals surface area contributed by atoms with Crippen molar-refractivity contribution in [2.45, 2.75) is 25.9 Å². The van der Waals surface area contributed by atoms with Crippen molar-refractivity contribution >= 4 is 11.8 Å². The fraction of sp³-hybridized carbons (Fsp3) is 0.222. The lowest BCUT2D eigenvalue weighted by molar-refractivity contribution is -0.138. The van der Waals surface area contributed by atoms with E-state index in [-0.39, 0.29) is 5.75 Å². The third-order valence-corrected chi connectivity index (χ3v) is 4.46. The third-order valence-electron chi connectivity index (χ3n) is 4.46. The number of phenols is 1. The van der Waals surface area contributed by atoms with Gasteiger partial charge in [-0.2, -0.15) is 0 Å². The predicted molar refractivity (Wildman–Crippen MR) is 93.8 cm³/mol. The van der Waals surface area contributed by atoms with Gasteiger partial charge in [0.1, 0.15) is 17.6 Å². The topological polar surface area (TPSA) is 115 Å². The Morgan fingerprint density at radius 3 is 2.88 bits per heavy atom. The molecule has 0 bridgehead atoms. The summed E-state index contributed by atoms with van der Waals surface area (Å²) in [5.41, 5.74) is 2.83. The first-order chi connectivity index (χ1) is 12.5. The number of benzene rings is 1. The molecule has 0 aliphatic carbocycles. The van der Waals surface area contributed by atoms with Crippen molar-refractivity contribution in [3.8, 4) is 17.1 Å². The number of fused-ring (bicyclic) bond motifs is 1. The molecule has 0 spiro atoms. The fourth-order valence-electron chi connectivity index (χ4n) is 3.18. The zero-order chi connectivity index (χ0) is 18.3. The molecule has 3 aromatic rings. The molecule has 0 amide bonds. The molecule has 1 aliphatic heterocycles. The number of carbonyl (C=O) groups is 1. The van der Waals surface area contributed by atoms with Crippen molar-refractivity contribution in [3.05, 3.63) is 53.7 Å². The molecular formula is C18H17N5O3. The predicted octanol–water partition coefficient (Wildman–Crippen LogP) is 1.90. The highest BCUT2D eigenvalue weighted by molar-refractivity contribution is 5.79. The molecule has 0 saturated carbocycles. The zero-order valence-corrected chi connectivity index (χ0v) is 14.0. The lowest BCUT2D eigenvalue weighted by Crippen LogP contribution is -2.46. The van der Waals surface area contributed by atoms with Crippen molar-refractivity contribution in [2.24, 2.45) is 0 Å². The molecule has 1 aromatic carbocycles. The Morgan fingerprint density at radius 2 is 2.12 bits per heavy atom. The number of hydrogen-bond acceptors (Lipinski definition) is 6. The number of phenolic OH excluding ortho intramolecular Hbond substituents is 1. The number of hydrogen-bond donors (Lipinski definition) is 3. The average molecular weight is 351 g/mol. The van der Waals surface area contributed by atoms with E-state index in [9.17, 15) is 15.0 Å². The fourth-order valence-corrected chi connectivity index (χ4v) is 3.18. The molecule has 1 atom stereocenters. The molecule has 3 heterocycles. The number of aryl methyl sites for hydroxylation is 1. The van der Waals surface area contributed by atoms with Gasteiger partial charge < -0.3 is 20.1 Å². The second-order valence-corrected chi connectivity index (χ2v) is 6.22. The normalized spacial score (nSPS) is 16.3. The SMILES string of the molecule is Cc1cc(N2Cc3[nH]cnc3C[C@@H]2C(=O)O)nc(-c2ccccc2O)n1. The Hall–Kier alpha value is -3.42. The van der Waals surface area contributed by atoms with Gasteiger partial charge in [-0.1, -0.05) is 12.1 Å². The van der Waals surface area contributed by atoms with Gasteiger partial charge in [0.25, 0.3) is 0 Å². The van der Waals surface area contributed by atoms with E-state index >= 15 is 0 Å². The maximum absolute atomic E-state index is 11.8. The van der Waals surface area contributed by atoms with E-state index in [0.29, 0.717) is 35.9 Å². The monoisotopic (exact) mass is 351 g/mol. The summed E-state index contributed by atoms with van der Waals surface area (Å²) < 4.78 is 0. The molecule has 3 N–H and O–H groups in total. The molecule has 132 valence electrons. The van der Waals surface area contributed by atoms with Crippen LogP contribution >= 0.6 is 0 Å².